The lowest BCUT2D eigenvalue weighted by molar-refractivity contribution is 0.0943. The molecule has 0 atom stereocenters. The second-order valence-corrected chi connectivity index (χ2v) is 7.67. The molecule has 2 aromatic rings. The average Bonchev–Trinajstić information content (AvgIpc) is 3.11. The van der Waals surface area contributed by atoms with Gasteiger partial charge in [-0.25, -0.2) is 4.98 Å². The number of hydrogen-bond acceptors (Lipinski definition) is 5. The molecule has 0 saturated heterocycles. The highest BCUT2D eigenvalue weighted by atomic mass is 32.1. The van der Waals surface area contributed by atoms with Crippen molar-refractivity contribution in [2.24, 2.45) is 0 Å². The summed E-state index contributed by atoms with van der Waals surface area (Å²) in [6.07, 6.45) is 1.66. The Morgan fingerprint density at radius 3 is 2.64 bits per heavy atom. The molecule has 0 aliphatic carbocycles. The Hall–Kier alpha value is -1.24. The van der Waals surface area contributed by atoms with Gasteiger partial charge in [0.05, 0.1) is 11.1 Å². The highest BCUT2D eigenvalue weighted by Gasteiger charge is 2.15. The van der Waals surface area contributed by atoms with Crippen LogP contribution in [0.5, 0.6) is 0 Å². The van der Waals surface area contributed by atoms with Gasteiger partial charge in [0.1, 0.15) is 9.88 Å². The number of carbonyl (C=O) groups excluding carboxylic acids is 1. The maximum Gasteiger partial charge on any atom is 0.263 e. The normalized spacial score (nSPS) is 11.6. The molecule has 0 aromatic carbocycles. The summed E-state index contributed by atoms with van der Waals surface area (Å²) in [6.45, 7) is 10.2. The van der Waals surface area contributed by atoms with Gasteiger partial charge in [0, 0.05) is 25.2 Å². The zero-order valence-corrected chi connectivity index (χ0v) is 15.1. The molecule has 2 rings (SSSR count). The molecule has 120 valence electrons. The fourth-order valence-electron chi connectivity index (χ4n) is 2.39. The number of amides is 1. The molecular weight excluding hydrogens is 314 g/mol. The van der Waals surface area contributed by atoms with Gasteiger partial charge in [0.25, 0.3) is 5.91 Å². The Balaban J connectivity index is 1.88. The van der Waals surface area contributed by atoms with E-state index in [1.807, 2.05) is 17.5 Å². The predicted molar refractivity (Wildman–Crippen MR) is 94.7 cm³/mol. The van der Waals surface area contributed by atoms with E-state index in [0.717, 1.165) is 16.4 Å². The van der Waals surface area contributed by atoms with Crippen LogP contribution in [0.3, 0.4) is 0 Å². The van der Waals surface area contributed by atoms with Crippen molar-refractivity contribution in [1.82, 2.24) is 15.2 Å². The first-order valence-corrected chi connectivity index (χ1v) is 9.22. The summed E-state index contributed by atoms with van der Waals surface area (Å²) < 4.78 is 0. The molecule has 0 aliphatic heterocycles. The zero-order chi connectivity index (χ0) is 16.1. The summed E-state index contributed by atoms with van der Waals surface area (Å²) >= 11 is 3.08. The molecule has 2 aromatic heterocycles. The van der Waals surface area contributed by atoms with Crippen molar-refractivity contribution in [1.29, 1.82) is 0 Å². The van der Waals surface area contributed by atoms with E-state index in [2.05, 4.69) is 42.9 Å². The first kappa shape index (κ1) is 17.1. The van der Waals surface area contributed by atoms with Crippen LogP contribution in [0.2, 0.25) is 0 Å². The summed E-state index contributed by atoms with van der Waals surface area (Å²) in [5, 5.41) is 5.92. The third-order valence-corrected chi connectivity index (χ3v) is 5.48. The second kappa shape index (κ2) is 7.85. The van der Waals surface area contributed by atoms with Crippen molar-refractivity contribution in [2.45, 2.75) is 39.8 Å². The number of rotatable bonds is 7. The number of carbonyl (C=O) groups is 1. The summed E-state index contributed by atoms with van der Waals surface area (Å²) in [6, 6.07) is 4.97. The molecule has 0 radical (unpaired) electrons. The van der Waals surface area contributed by atoms with Crippen molar-refractivity contribution < 1.29 is 4.79 Å². The van der Waals surface area contributed by atoms with Gasteiger partial charge in [-0.05, 0) is 39.1 Å². The maximum absolute atomic E-state index is 12.2. The zero-order valence-electron chi connectivity index (χ0n) is 13.5. The molecule has 0 unspecified atom stereocenters. The number of nitrogens with zero attached hydrogens (tertiary/aromatic N) is 2. The Kier molecular flexibility index (Phi) is 6.11. The standard InChI is InChI=1S/C16H23N3OS2/c1-11(2)19(12(3)4)8-7-17-15(20)14-10-18-16(22-14)13-6-5-9-21-13/h5-6,9-12H,7-8H2,1-4H3,(H,17,20). The number of nitrogens with one attached hydrogen (secondary N) is 1. The van der Waals surface area contributed by atoms with Crippen molar-refractivity contribution >= 4 is 28.6 Å². The maximum atomic E-state index is 12.2. The van der Waals surface area contributed by atoms with Crippen LogP contribution in [-0.4, -0.2) is 41.0 Å². The monoisotopic (exact) mass is 337 g/mol. The number of thiophene rings is 1. The lowest BCUT2D eigenvalue weighted by atomic mass is 10.2. The van der Waals surface area contributed by atoms with E-state index in [0.29, 0.717) is 23.5 Å². The molecule has 0 bridgehead atoms. The molecule has 0 aliphatic rings. The van der Waals surface area contributed by atoms with E-state index >= 15 is 0 Å². The third kappa shape index (κ3) is 4.38. The molecule has 4 nitrogen and oxygen atoms in total. The van der Waals surface area contributed by atoms with Crippen LogP contribution in [0.1, 0.15) is 37.4 Å². The number of thiazole rings is 1. The first-order valence-electron chi connectivity index (χ1n) is 7.52. The van der Waals surface area contributed by atoms with Crippen LogP contribution in [0, 0.1) is 0 Å². The van der Waals surface area contributed by atoms with Crippen LogP contribution < -0.4 is 5.32 Å². The van der Waals surface area contributed by atoms with Gasteiger partial charge in [-0.2, -0.15) is 0 Å². The Bertz CT molecular complexity index is 582. The van der Waals surface area contributed by atoms with E-state index in [-0.39, 0.29) is 5.91 Å². The van der Waals surface area contributed by atoms with Gasteiger partial charge in [-0.1, -0.05) is 6.07 Å². The van der Waals surface area contributed by atoms with Gasteiger partial charge in [0.15, 0.2) is 0 Å². The molecule has 0 saturated carbocycles. The van der Waals surface area contributed by atoms with E-state index in [4.69, 9.17) is 0 Å². The Morgan fingerprint density at radius 2 is 2.05 bits per heavy atom. The van der Waals surface area contributed by atoms with Crippen molar-refractivity contribution in [3.63, 3.8) is 0 Å². The van der Waals surface area contributed by atoms with Crippen LogP contribution in [0.4, 0.5) is 0 Å². The minimum Gasteiger partial charge on any atom is -0.350 e. The number of aromatic nitrogens is 1. The molecule has 0 spiro atoms. The Labute approximate surface area is 140 Å². The molecule has 6 heteroatoms. The minimum absolute atomic E-state index is 0.0345. The quantitative estimate of drug-likeness (QED) is 0.837. The molecule has 22 heavy (non-hydrogen) atoms. The summed E-state index contributed by atoms with van der Waals surface area (Å²) in [4.78, 5) is 20.7. The number of hydrogen-bond donors (Lipinski definition) is 1. The largest absolute Gasteiger partial charge is 0.350 e. The minimum atomic E-state index is -0.0345. The predicted octanol–water partition coefficient (Wildman–Crippen LogP) is 3.72. The van der Waals surface area contributed by atoms with Gasteiger partial charge < -0.3 is 5.32 Å². The van der Waals surface area contributed by atoms with E-state index in [1.54, 1.807) is 17.5 Å². The summed E-state index contributed by atoms with van der Waals surface area (Å²) in [5.41, 5.74) is 0. The summed E-state index contributed by atoms with van der Waals surface area (Å²) in [5.74, 6) is -0.0345. The van der Waals surface area contributed by atoms with Crippen LogP contribution >= 0.6 is 22.7 Å². The highest BCUT2D eigenvalue weighted by molar-refractivity contribution is 7.21. The SMILES string of the molecule is CC(C)N(CCNC(=O)c1cnc(-c2cccs2)s1)C(C)C. The van der Waals surface area contributed by atoms with Crippen molar-refractivity contribution in [3.05, 3.63) is 28.6 Å². The van der Waals surface area contributed by atoms with E-state index in [1.165, 1.54) is 11.3 Å². The van der Waals surface area contributed by atoms with Gasteiger partial charge in [-0.15, -0.1) is 22.7 Å². The Morgan fingerprint density at radius 1 is 1.32 bits per heavy atom. The average molecular weight is 338 g/mol. The van der Waals surface area contributed by atoms with Crippen LogP contribution in [0.15, 0.2) is 23.7 Å². The van der Waals surface area contributed by atoms with Crippen LogP contribution in [-0.2, 0) is 0 Å². The first-order chi connectivity index (χ1) is 10.5. The molecular formula is C16H23N3OS2. The van der Waals surface area contributed by atoms with Crippen molar-refractivity contribution in [3.8, 4) is 9.88 Å². The molecule has 0 fully saturated rings. The fraction of sp³-hybridized carbons (Fsp3) is 0.500. The van der Waals surface area contributed by atoms with Gasteiger partial charge >= 0.3 is 0 Å². The van der Waals surface area contributed by atoms with Crippen LogP contribution in [0.25, 0.3) is 9.88 Å². The molecule has 1 amide bonds. The van der Waals surface area contributed by atoms with Gasteiger partial charge in [0.2, 0.25) is 0 Å². The molecule has 2 heterocycles. The second-order valence-electron chi connectivity index (χ2n) is 5.69. The highest BCUT2D eigenvalue weighted by Crippen LogP contribution is 2.28. The third-order valence-electron chi connectivity index (χ3n) is 3.44. The topological polar surface area (TPSA) is 45.2 Å². The van der Waals surface area contributed by atoms with E-state index in [9.17, 15) is 4.79 Å². The lowest BCUT2D eigenvalue weighted by Crippen LogP contribution is -2.42. The lowest BCUT2D eigenvalue weighted by Gasteiger charge is -2.30. The smallest absolute Gasteiger partial charge is 0.263 e. The fourth-order valence-corrected chi connectivity index (χ4v) is 4.03. The van der Waals surface area contributed by atoms with Gasteiger partial charge in [-0.3, -0.25) is 9.69 Å². The van der Waals surface area contributed by atoms with E-state index < -0.39 is 0 Å². The molecule has 1 N–H and O–H groups in total. The summed E-state index contributed by atoms with van der Waals surface area (Å²) in [7, 11) is 0. The van der Waals surface area contributed by atoms with Crippen molar-refractivity contribution in [2.75, 3.05) is 13.1 Å².